The first-order valence-electron chi connectivity index (χ1n) is 3.03. The average Bonchev–Trinajstić information content (AvgIpc) is 1.88. The van der Waals surface area contributed by atoms with Gasteiger partial charge in [0.05, 0.1) is 0 Å². The monoisotopic (exact) mass is 120 g/mol. The van der Waals surface area contributed by atoms with Gasteiger partial charge in [0, 0.05) is 5.92 Å². The summed E-state index contributed by atoms with van der Waals surface area (Å²) in [6.45, 7) is 7.20. The zero-order chi connectivity index (χ0) is 7.11. The fraction of sp³-hybridized carbons (Fsp3) is 0.333. The zero-order valence-corrected chi connectivity index (χ0v) is 5.64. The summed E-state index contributed by atoms with van der Waals surface area (Å²) in [6.07, 6.45) is 10.7. The second kappa shape index (κ2) is 5.18. The summed E-state index contributed by atoms with van der Waals surface area (Å²) in [4.78, 5) is 0. The maximum Gasteiger partial charge on any atom is 0.0268 e. The molecule has 0 N–H and O–H groups in total. The highest BCUT2D eigenvalue weighted by molar-refractivity contribution is 4.98. The molecule has 0 aromatic heterocycles. The standard InChI is InChI=1S/C9H12/c1-4-7-9(6-3)8-5-2/h3-5,9H,1-2,7-8H2. The average molecular weight is 120 g/mol. The smallest absolute Gasteiger partial charge is 0.0268 e. The molecular formula is C9H12. The van der Waals surface area contributed by atoms with Crippen LogP contribution in [0.1, 0.15) is 12.8 Å². The molecule has 0 fully saturated rings. The highest BCUT2D eigenvalue weighted by Crippen LogP contribution is 2.06. The van der Waals surface area contributed by atoms with E-state index < -0.39 is 0 Å². The third-order valence-electron chi connectivity index (χ3n) is 1.14. The van der Waals surface area contributed by atoms with Gasteiger partial charge in [-0.2, -0.15) is 0 Å². The second-order valence-corrected chi connectivity index (χ2v) is 1.91. The van der Waals surface area contributed by atoms with Crippen LogP contribution in [0.2, 0.25) is 0 Å². The van der Waals surface area contributed by atoms with Crippen molar-refractivity contribution < 1.29 is 0 Å². The number of rotatable bonds is 4. The van der Waals surface area contributed by atoms with Gasteiger partial charge in [-0.15, -0.1) is 25.5 Å². The molecule has 0 heteroatoms. The summed E-state index contributed by atoms with van der Waals surface area (Å²) in [7, 11) is 0. The van der Waals surface area contributed by atoms with E-state index in [1.54, 1.807) is 0 Å². The molecule has 0 aliphatic carbocycles. The van der Waals surface area contributed by atoms with Crippen LogP contribution in [-0.4, -0.2) is 0 Å². The maximum absolute atomic E-state index is 5.20. The Labute approximate surface area is 57.3 Å². The number of allylic oxidation sites excluding steroid dienone is 2. The quantitative estimate of drug-likeness (QED) is 0.394. The molecule has 0 amide bonds. The molecule has 0 unspecified atom stereocenters. The molecule has 0 heterocycles. The molecule has 0 rings (SSSR count). The fourth-order valence-electron chi connectivity index (χ4n) is 0.635. The molecule has 0 spiro atoms. The first-order valence-corrected chi connectivity index (χ1v) is 3.03. The van der Waals surface area contributed by atoms with Gasteiger partial charge in [-0.25, -0.2) is 0 Å². The van der Waals surface area contributed by atoms with Crippen molar-refractivity contribution >= 4 is 0 Å². The molecule has 0 bridgehead atoms. The van der Waals surface area contributed by atoms with Crippen LogP contribution in [-0.2, 0) is 0 Å². The predicted octanol–water partition coefficient (Wildman–Crippen LogP) is 2.39. The van der Waals surface area contributed by atoms with Crippen LogP contribution < -0.4 is 0 Å². The third-order valence-corrected chi connectivity index (χ3v) is 1.14. The van der Waals surface area contributed by atoms with Gasteiger partial charge in [0.25, 0.3) is 0 Å². The summed E-state index contributed by atoms with van der Waals surface area (Å²) in [5.74, 6) is 2.97. The third kappa shape index (κ3) is 3.61. The highest BCUT2D eigenvalue weighted by Gasteiger charge is 1.96. The van der Waals surface area contributed by atoms with Crippen molar-refractivity contribution in [3.63, 3.8) is 0 Å². The van der Waals surface area contributed by atoms with E-state index in [-0.39, 0.29) is 0 Å². The molecule has 0 aliphatic heterocycles. The molecule has 0 saturated heterocycles. The van der Waals surface area contributed by atoms with E-state index in [0.29, 0.717) is 5.92 Å². The lowest BCUT2D eigenvalue weighted by Crippen LogP contribution is -1.91. The van der Waals surface area contributed by atoms with Gasteiger partial charge in [-0.3, -0.25) is 0 Å². The predicted molar refractivity (Wildman–Crippen MR) is 42.0 cm³/mol. The molecule has 48 valence electrons. The largest absolute Gasteiger partial charge is 0.120 e. The molecule has 0 aliphatic rings. The van der Waals surface area contributed by atoms with Crippen LogP contribution in [0.25, 0.3) is 0 Å². The van der Waals surface area contributed by atoms with E-state index in [1.165, 1.54) is 0 Å². The van der Waals surface area contributed by atoms with Crippen LogP contribution in [0.4, 0.5) is 0 Å². The summed E-state index contributed by atoms with van der Waals surface area (Å²) >= 11 is 0. The minimum absolute atomic E-state index is 0.306. The minimum atomic E-state index is 0.306. The Morgan fingerprint density at radius 1 is 1.33 bits per heavy atom. The van der Waals surface area contributed by atoms with Gasteiger partial charge >= 0.3 is 0 Å². The topological polar surface area (TPSA) is 0 Å². The van der Waals surface area contributed by atoms with E-state index in [0.717, 1.165) is 12.8 Å². The SMILES string of the molecule is C#CC(CC=C)CC=C. The zero-order valence-electron chi connectivity index (χ0n) is 5.64. The van der Waals surface area contributed by atoms with Gasteiger partial charge in [-0.1, -0.05) is 12.2 Å². The Bertz CT molecular complexity index is 115. The summed E-state index contributed by atoms with van der Waals surface area (Å²) in [5, 5.41) is 0. The number of hydrogen-bond donors (Lipinski definition) is 0. The van der Waals surface area contributed by atoms with Crippen molar-refractivity contribution in [2.45, 2.75) is 12.8 Å². The maximum atomic E-state index is 5.20. The van der Waals surface area contributed by atoms with Crippen molar-refractivity contribution in [2.24, 2.45) is 5.92 Å². The Kier molecular flexibility index (Phi) is 4.63. The molecule has 0 aromatic carbocycles. The summed E-state index contributed by atoms with van der Waals surface area (Å²) in [6, 6.07) is 0. The fourth-order valence-corrected chi connectivity index (χ4v) is 0.635. The van der Waals surface area contributed by atoms with Gasteiger partial charge in [0.15, 0.2) is 0 Å². The number of hydrogen-bond acceptors (Lipinski definition) is 0. The van der Waals surface area contributed by atoms with Gasteiger partial charge in [0.2, 0.25) is 0 Å². The van der Waals surface area contributed by atoms with E-state index in [2.05, 4.69) is 19.1 Å². The van der Waals surface area contributed by atoms with Crippen LogP contribution in [0.15, 0.2) is 25.3 Å². The molecule has 0 saturated carbocycles. The molecule has 0 radical (unpaired) electrons. The molecule has 0 nitrogen and oxygen atoms in total. The lowest BCUT2D eigenvalue weighted by molar-refractivity contribution is 0.703. The van der Waals surface area contributed by atoms with Crippen LogP contribution in [0.3, 0.4) is 0 Å². The molecular weight excluding hydrogens is 108 g/mol. The first kappa shape index (κ1) is 8.04. The van der Waals surface area contributed by atoms with Crippen molar-refractivity contribution in [1.82, 2.24) is 0 Å². The van der Waals surface area contributed by atoms with Gasteiger partial charge < -0.3 is 0 Å². The first-order chi connectivity index (χ1) is 4.35. The Balaban J connectivity index is 3.56. The van der Waals surface area contributed by atoms with Gasteiger partial charge in [-0.05, 0) is 12.8 Å². The Hall–Kier alpha value is -0.960. The van der Waals surface area contributed by atoms with E-state index in [1.807, 2.05) is 12.2 Å². The van der Waals surface area contributed by atoms with E-state index >= 15 is 0 Å². The van der Waals surface area contributed by atoms with E-state index in [4.69, 9.17) is 6.42 Å². The second-order valence-electron chi connectivity index (χ2n) is 1.91. The molecule has 0 atom stereocenters. The van der Waals surface area contributed by atoms with Gasteiger partial charge in [0.1, 0.15) is 0 Å². The molecule has 0 aromatic rings. The minimum Gasteiger partial charge on any atom is -0.120 e. The van der Waals surface area contributed by atoms with E-state index in [9.17, 15) is 0 Å². The van der Waals surface area contributed by atoms with Crippen LogP contribution in [0.5, 0.6) is 0 Å². The summed E-state index contributed by atoms with van der Waals surface area (Å²) < 4.78 is 0. The number of terminal acetylenes is 1. The van der Waals surface area contributed by atoms with Crippen molar-refractivity contribution in [2.75, 3.05) is 0 Å². The normalized spacial score (nSPS) is 8.44. The Morgan fingerprint density at radius 2 is 1.78 bits per heavy atom. The lowest BCUT2D eigenvalue weighted by Gasteiger charge is -2.00. The van der Waals surface area contributed by atoms with Crippen molar-refractivity contribution in [3.8, 4) is 12.3 Å². The molecule has 9 heavy (non-hydrogen) atoms. The summed E-state index contributed by atoms with van der Waals surface area (Å²) in [5.41, 5.74) is 0. The van der Waals surface area contributed by atoms with Crippen LogP contribution in [0, 0.1) is 18.3 Å². The highest BCUT2D eigenvalue weighted by atomic mass is 14.0. The van der Waals surface area contributed by atoms with Crippen molar-refractivity contribution in [3.05, 3.63) is 25.3 Å². The van der Waals surface area contributed by atoms with Crippen molar-refractivity contribution in [1.29, 1.82) is 0 Å². The Morgan fingerprint density at radius 3 is 2.00 bits per heavy atom. The lowest BCUT2D eigenvalue weighted by atomic mass is 10.0. The van der Waals surface area contributed by atoms with Crippen LogP contribution >= 0.6 is 0 Å².